The zero-order valence-corrected chi connectivity index (χ0v) is 12.7. The summed E-state index contributed by atoms with van der Waals surface area (Å²) in [5, 5.41) is 9.36. The molecule has 0 unspecified atom stereocenters. The maximum atomic E-state index is 12.9. The van der Waals surface area contributed by atoms with Gasteiger partial charge in [0.25, 0.3) is 0 Å². The van der Waals surface area contributed by atoms with E-state index in [-0.39, 0.29) is 18.2 Å². The van der Waals surface area contributed by atoms with E-state index in [2.05, 4.69) is 15.7 Å². The van der Waals surface area contributed by atoms with Gasteiger partial charge in [0.2, 0.25) is 5.91 Å². The molecule has 8 heteroatoms. The van der Waals surface area contributed by atoms with Gasteiger partial charge in [-0.15, -0.1) is 0 Å². The van der Waals surface area contributed by atoms with Crippen molar-refractivity contribution in [3.8, 4) is 0 Å². The van der Waals surface area contributed by atoms with Gasteiger partial charge in [0, 0.05) is 25.7 Å². The van der Waals surface area contributed by atoms with E-state index in [0.717, 1.165) is 11.8 Å². The molecular weight excluding hydrogens is 309 g/mol. The minimum absolute atomic E-state index is 0.0289. The maximum absolute atomic E-state index is 12.9. The lowest BCUT2D eigenvalue weighted by atomic mass is 10.1. The van der Waals surface area contributed by atoms with Crippen molar-refractivity contribution < 1.29 is 18.0 Å². The van der Waals surface area contributed by atoms with Crippen LogP contribution >= 0.6 is 0 Å². The van der Waals surface area contributed by atoms with Crippen LogP contribution in [-0.4, -0.2) is 21.7 Å². The standard InChI is InChI=1S/C15H17F3N4O/c1-10(20-11-8-19-22(2)9-11)7-14(23)21-13-6-4-3-5-12(13)15(16,17)18/h3-6,8-10,20H,7H2,1-2H3,(H,21,23)/t10-/m0/s1. The van der Waals surface area contributed by atoms with Crippen molar-refractivity contribution >= 4 is 17.3 Å². The van der Waals surface area contributed by atoms with E-state index in [9.17, 15) is 18.0 Å². The molecule has 124 valence electrons. The minimum atomic E-state index is -4.51. The predicted molar refractivity (Wildman–Crippen MR) is 81.0 cm³/mol. The molecule has 1 heterocycles. The Kier molecular flexibility index (Phi) is 4.92. The number of amides is 1. The molecule has 0 aliphatic rings. The third-order valence-corrected chi connectivity index (χ3v) is 3.12. The SMILES string of the molecule is C[C@@H](CC(=O)Nc1ccccc1C(F)(F)F)Nc1cnn(C)c1. The van der Waals surface area contributed by atoms with Gasteiger partial charge in [0.1, 0.15) is 0 Å². The second kappa shape index (κ2) is 6.72. The van der Waals surface area contributed by atoms with Gasteiger partial charge in [-0.25, -0.2) is 0 Å². The summed E-state index contributed by atoms with van der Waals surface area (Å²) in [5.74, 6) is -0.495. The number of rotatable bonds is 5. The van der Waals surface area contributed by atoms with E-state index in [0.29, 0.717) is 0 Å². The first kappa shape index (κ1) is 16.9. The van der Waals surface area contributed by atoms with Gasteiger partial charge in [0.15, 0.2) is 0 Å². The number of nitrogens with one attached hydrogen (secondary N) is 2. The number of halogens is 3. The Bertz CT molecular complexity index is 681. The number of alkyl halides is 3. The van der Waals surface area contributed by atoms with Crippen molar-refractivity contribution in [1.82, 2.24) is 9.78 Å². The number of carbonyl (C=O) groups is 1. The average molecular weight is 326 g/mol. The summed E-state index contributed by atoms with van der Waals surface area (Å²) in [7, 11) is 1.76. The molecule has 5 nitrogen and oxygen atoms in total. The van der Waals surface area contributed by atoms with Crippen LogP contribution in [0.1, 0.15) is 18.9 Å². The minimum Gasteiger partial charge on any atom is -0.380 e. The van der Waals surface area contributed by atoms with Crippen LogP contribution in [0.3, 0.4) is 0 Å². The van der Waals surface area contributed by atoms with Gasteiger partial charge in [-0.05, 0) is 19.1 Å². The second-order valence-electron chi connectivity index (χ2n) is 5.24. The molecule has 2 N–H and O–H groups in total. The van der Waals surface area contributed by atoms with E-state index >= 15 is 0 Å². The van der Waals surface area contributed by atoms with Gasteiger partial charge >= 0.3 is 6.18 Å². The molecule has 0 saturated carbocycles. The van der Waals surface area contributed by atoms with Crippen LogP contribution in [0.25, 0.3) is 0 Å². The fourth-order valence-electron chi connectivity index (χ4n) is 2.15. The van der Waals surface area contributed by atoms with Crippen LogP contribution in [-0.2, 0) is 18.0 Å². The number of nitrogens with zero attached hydrogens (tertiary/aromatic N) is 2. The molecular formula is C15H17F3N4O. The molecule has 23 heavy (non-hydrogen) atoms. The highest BCUT2D eigenvalue weighted by Crippen LogP contribution is 2.34. The summed E-state index contributed by atoms with van der Waals surface area (Å²) in [6.07, 6.45) is -1.13. The molecule has 2 rings (SSSR count). The fraction of sp³-hybridized carbons (Fsp3) is 0.333. The monoisotopic (exact) mass is 326 g/mol. The molecule has 1 aromatic heterocycles. The number of hydrogen-bond acceptors (Lipinski definition) is 3. The van der Waals surface area contributed by atoms with Gasteiger partial charge in [-0.2, -0.15) is 18.3 Å². The van der Waals surface area contributed by atoms with Crippen LogP contribution in [0.5, 0.6) is 0 Å². The van der Waals surface area contributed by atoms with Gasteiger partial charge in [0.05, 0.1) is 23.1 Å². The first-order chi connectivity index (χ1) is 10.8. The van der Waals surface area contributed by atoms with Crippen LogP contribution in [0, 0.1) is 0 Å². The lowest BCUT2D eigenvalue weighted by Crippen LogP contribution is -2.24. The predicted octanol–water partition coefficient (Wildman–Crippen LogP) is 3.27. The molecule has 0 saturated heterocycles. The van der Waals surface area contributed by atoms with E-state index in [4.69, 9.17) is 0 Å². The second-order valence-corrected chi connectivity index (χ2v) is 5.24. The van der Waals surface area contributed by atoms with Crippen molar-refractivity contribution in [1.29, 1.82) is 0 Å². The molecule has 2 aromatic rings. The average Bonchev–Trinajstić information content (AvgIpc) is 2.83. The normalized spacial score (nSPS) is 12.7. The number of hydrogen-bond donors (Lipinski definition) is 2. The first-order valence-corrected chi connectivity index (χ1v) is 6.97. The summed E-state index contributed by atoms with van der Waals surface area (Å²) in [5.41, 5.74) is -0.358. The number of aryl methyl sites for hydroxylation is 1. The van der Waals surface area contributed by atoms with Gasteiger partial charge in [-0.1, -0.05) is 12.1 Å². The third kappa shape index (κ3) is 4.73. The fourth-order valence-corrected chi connectivity index (χ4v) is 2.15. The summed E-state index contributed by atoms with van der Waals surface area (Å²) in [6, 6.07) is 4.65. The van der Waals surface area contributed by atoms with Crippen molar-refractivity contribution in [2.24, 2.45) is 7.05 Å². The molecule has 1 aromatic carbocycles. The Balaban J connectivity index is 1.97. The van der Waals surface area contributed by atoms with E-state index < -0.39 is 17.6 Å². The molecule has 0 spiro atoms. The number of para-hydroxylation sites is 1. The molecule has 0 aliphatic heterocycles. The largest absolute Gasteiger partial charge is 0.418 e. The molecule has 0 aliphatic carbocycles. The number of carbonyl (C=O) groups excluding carboxylic acids is 1. The van der Waals surface area contributed by atoms with E-state index in [1.54, 1.807) is 31.0 Å². The highest BCUT2D eigenvalue weighted by atomic mass is 19.4. The van der Waals surface area contributed by atoms with Crippen molar-refractivity contribution in [2.45, 2.75) is 25.6 Å². The van der Waals surface area contributed by atoms with Gasteiger partial charge < -0.3 is 10.6 Å². The van der Waals surface area contributed by atoms with Crippen molar-refractivity contribution in [3.63, 3.8) is 0 Å². The lowest BCUT2D eigenvalue weighted by Gasteiger charge is -2.16. The zero-order chi connectivity index (χ0) is 17.0. The summed E-state index contributed by atoms with van der Waals surface area (Å²) in [4.78, 5) is 12.0. The third-order valence-electron chi connectivity index (χ3n) is 3.12. The topological polar surface area (TPSA) is 59.0 Å². The molecule has 0 radical (unpaired) electrons. The van der Waals surface area contributed by atoms with Gasteiger partial charge in [-0.3, -0.25) is 9.48 Å². The Morgan fingerprint density at radius 2 is 2.04 bits per heavy atom. The Hall–Kier alpha value is -2.51. The number of benzene rings is 1. The quantitative estimate of drug-likeness (QED) is 0.886. The summed E-state index contributed by atoms with van der Waals surface area (Å²) in [6.45, 7) is 1.77. The van der Waals surface area contributed by atoms with Crippen LogP contribution in [0.2, 0.25) is 0 Å². The smallest absolute Gasteiger partial charge is 0.380 e. The van der Waals surface area contributed by atoms with Crippen molar-refractivity contribution in [3.05, 3.63) is 42.2 Å². The number of aromatic nitrogens is 2. The number of anilines is 2. The van der Waals surface area contributed by atoms with Crippen molar-refractivity contribution in [2.75, 3.05) is 10.6 Å². The zero-order valence-electron chi connectivity index (χ0n) is 12.7. The summed E-state index contributed by atoms with van der Waals surface area (Å²) >= 11 is 0. The molecule has 0 fully saturated rings. The highest BCUT2D eigenvalue weighted by molar-refractivity contribution is 5.92. The maximum Gasteiger partial charge on any atom is 0.418 e. The van der Waals surface area contributed by atoms with Crippen LogP contribution in [0.15, 0.2) is 36.7 Å². The molecule has 1 atom stereocenters. The van der Waals surface area contributed by atoms with Crippen LogP contribution in [0.4, 0.5) is 24.5 Å². The Morgan fingerprint density at radius 3 is 2.65 bits per heavy atom. The Labute approximate surface area is 131 Å². The molecule has 0 bridgehead atoms. The summed E-state index contributed by atoms with van der Waals surface area (Å²) < 4.78 is 40.2. The highest BCUT2D eigenvalue weighted by Gasteiger charge is 2.33. The van der Waals surface area contributed by atoms with Crippen LogP contribution < -0.4 is 10.6 Å². The Morgan fingerprint density at radius 1 is 1.35 bits per heavy atom. The van der Waals surface area contributed by atoms with E-state index in [1.165, 1.54) is 18.2 Å². The van der Waals surface area contributed by atoms with E-state index in [1.807, 2.05) is 0 Å². The molecule has 1 amide bonds. The lowest BCUT2D eigenvalue weighted by molar-refractivity contribution is -0.137. The first-order valence-electron chi connectivity index (χ1n) is 6.97.